The van der Waals surface area contributed by atoms with Gasteiger partial charge >= 0.3 is 0 Å². The third-order valence-corrected chi connectivity index (χ3v) is 2.49. The molecule has 0 aliphatic carbocycles. The van der Waals surface area contributed by atoms with Gasteiger partial charge in [-0.3, -0.25) is 0 Å². The monoisotopic (exact) mass is 252 g/mol. The van der Waals surface area contributed by atoms with Gasteiger partial charge in [-0.05, 0) is 24.3 Å². The summed E-state index contributed by atoms with van der Waals surface area (Å²) in [7, 11) is 0. The molecule has 0 saturated heterocycles. The van der Waals surface area contributed by atoms with Gasteiger partial charge in [0.25, 0.3) is 0 Å². The lowest BCUT2D eigenvalue weighted by molar-refractivity contribution is 0.0925. The normalized spacial score (nSPS) is 12.4. The van der Waals surface area contributed by atoms with Crippen molar-refractivity contribution in [2.24, 2.45) is 0 Å². The highest BCUT2D eigenvalue weighted by molar-refractivity contribution is 6.30. The fourth-order valence-corrected chi connectivity index (χ4v) is 1.54. The minimum Gasteiger partial charge on any atom is -0.491 e. The first-order valence-electron chi connectivity index (χ1n) is 5.26. The van der Waals surface area contributed by atoms with Crippen LogP contribution in [0.5, 0.6) is 5.75 Å². The molecule has 2 rings (SSSR count). The molecule has 1 aromatic carbocycles. The van der Waals surface area contributed by atoms with Gasteiger partial charge in [0.2, 0.25) is 0 Å². The highest BCUT2D eigenvalue weighted by atomic mass is 35.5. The van der Waals surface area contributed by atoms with Crippen LogP contribution in [0, 0.1) is 0 Å². The maximum atomic E-state index is 9.74. The second kappa shape index (κ2) is 5.70. The number of rotatable bonds is 5. The van der Waals surface area contributed by atoms with E-state index in [-0.39, 0.29) is 6.61 Å². The van der Waals surface area contributed by atoms with E-state index in [1.165, 1.54) is 0 Å². The van der Waals surface area contributed by atoms with E-state index in [1.54, 1.807) is 47.6 Å². The molecule has 17 heavy (non-hydrogen) atoms. The van der Waals surface area contributed by atoms with Crippen molar-refractivity contribution < 1.29 is 9.84 Å². The summed E-state index contributed by atoms with van der Waals surface area (Å²) in [4.78, 5) is 3.90. The molecule has 0 radical (unpaired) electrons. The number of imidazole rings is 1. The van der Waals surface area contributed by atoms with Crippen LogP contribution in [0.25, 0.3) is 0 Å². The Balaban J connectivity index is 1.79. The minimum atomic E-state index is -0.570. The van der Waals surface area contributed by atoms with E-state index >= 15 is 0 Å². The van der Waals surface area contributed by atoms with Gasteiger partial charge in [-0.15, -0.1) is 0 Å². The van der Waals surface area contributed by atoms with Gasteiger partial charge in [0.15, 0.2) is 0 Å². The molecule has 5 heteroatoms. The second-order valence-electron chi connectivity index (χ2n) is 3.68. The highest BCUT2D eigenvalue weighted by Crippen LogP contribution is 2.15. The SMILES string of the molecule is O[C@H](COc1ccc(Cl)cc1)Cn1ccnc1. The number of aliphatic hydroxyl groups is 1. The summed E-state index contributed by atoms with van der Waals surface area (Å²) in [5, 5.41) is 10.4. The number of aromatic nitrogens is 2. The van der Waals surface area contributed by atoms with E-state index in [0.717, 1.165) is 0 Å². The highest BCUT2D eigenvalue weighted by Gasteiger charge is 2.05. The van der Waals surface area contributed by atoms with Crippen molar-refractivity contribution in [3.8, 4) is 5.75 Å². The summed E-state index contributed by atoms with van der Waals surface area (Å²) in [5.74, 6) is 0.694. The van der Waals surface area contributed by atoms with Crippen LogP contribution in [-0.2, 0) is 6.54 Å². The van der Waals surface area contributed by atoms with Crippen LogP contribution in [-0.4, -0.2) is 27.4 Å². The zero-order valence-corrected chi connectivity index (χ0v) is 9.92. The molecule has 0 aliphatic rings. The Kier molecular flexibility index (Phi) is 4.01. The first-order chi connectivity index (χ1) is 8.24. The van der Waals surface area contributed by atoms with Crippen LogP contribution < -0.4 is 4.74 Å². The molecule has 0 aliphatic heterocycles. The van der Waals surface area contributed by atoms with Gasteiger partial charge in [0.1, 0.15) is 18.5 Å². The minimum absolute atomic E-state index is 0.236. The summed E-state index contributed by atoms with van der Waals surface area (Å²) in [6.07, 6.45) is 4.56. The zero-order chi connectivity index (χ0) is 12.1. The van der Waals surface area contributed by atoms with E-state index in [2.05, 4.69) is 4.98 Å². The van der Waals surface area contributed by atoms with E-state index in [1.807, 2.05) is 0 Å². The molecule has 1 atom stereocenters. The summed E-state index contributed by atoms with van der Waals surface area (Å²) in [6, 6.07) is 7.04. The third kappa shape index (κ3) is 3.76. The number of benzene rings is 1. The Labute approximate surface area is 104 Å². The van der Waals surface area contributed by atoms with Crippen LogP contribution in [0.4, 0.5) is 0 Å². The molecule has 1 N–H and O–H groups in total. The van der Waals surface area contributed by atoms with Crippen molar-refractivity contribution in [1.82, 2.24) is 9.55 Å². The number of nitrogens with zero attached hydrogens (tertiary/aromatic N) is 2. The van der Waals surface area contributed by atoms with Crippen LogP contribution >= 0.6 is 11.6 Å². The number of halogens is 1. The lowest BCUT2D eigenvalue weighted by Crippen LogP contribution is -2.22. The summed E-state index contributed by atoms with van der Waals surface area (Å²) in [6.45, 7) is 0.702. The number of hydrogen-bond acceptors (Lipinski definition) is 3. The Morgan fingerprint density at radius 1 is 1.35 bits per heavy atom. The standard InChI is InChI=1S/C12H13ClN2O2/c13-10-1-3-12(4-2-10)17-8-11(16)7-15-6-5-14-9-15/h1-6,9,11,16H,7-8H2/t11-/m0/s1. The summed E-state index contributed by atoms with van der Waals surface area (Å²) in [5.41, 5.74) is 0. The van der Waals surface area contributed by atoms with E-state index in [9.17, 15) is 5.11 Å². The lowest BCUT2D eigenvalue weighted by atomic mass is 10.3. The molecular formula is C12H13ClN2O2. The predicted octanol–water partition coefficient (Wildman–Crippen LogP) is 1.98. The lowest BCUT2D eigenvalue weighted by Gasteiger charge is -2.12. The Hall–Kier alpha value is -1.52. The fraction of sp³-hybridized carbons (Fsp3) is 0.250. The Morgan fingerprint density at radius 2 is 2.12 bits per heavy atom. The van der Waals surface area contributed by atoms with Gasteiger partial charge in [0.05, 0.1) is 12.9 Å². The Bertz CT molecular complexity index is 442. The average Bonchev–Trinajstić information content (AvgIpc) is 2.81. The quantitative estimate of drug-likeness (QED) is 0.885. The van der Waals surface area contributed by atoms with E-state index < -0.39 is 6.10 Å². The van der Waals surface area contributed by atoms with Gasteiger partial charge in [0, 0.05) is 17.4 Å². The number of aliphatic hydroxyl groups excluding tert-OH is 1. The number of hydrogen-bond donors (Lipinski definition) is 1. The van der Waals surface area contributed by atoms with E-state index in [0.29, 0.717) is 17.3 Å². The van der Waals surface area contributed by atoms with Crippen molar-refractivity contribution in [2.45, 2.75) is 12.6 Å². The molecule has 4 nitrogen and oxygen atoms in total. The van der Waals surface area contributed by atoms with Crippen molar-refractivity contribution in [1.29, 1.82) is 0 Å². The molecule has 1 aromatic heterocycles. The van der Waals surface area contributed by atoms with E-state index in [4.69, 9.17) is 16.3 Å². The van der Waals surface area contributed by atoms with Crippen LogP contribution in [0.3, 0.4) is 0 Å². The van der Waals surface area contributed by atoms with Gasteiger partial charge < -0.3 is 14.4 Å². The van der Waals surface area contributed by atoms with Crippen molar-refractivity contribution in [3.05, 3.63) is 48.0 Å². The molecule has 0 saturated carbocycles. The van der Waals surface area contributed by atoms with Crippen molar-refractivity contribution >= 4 is 11.6 Å². The molecule has 1 heterocycles. The molecular weight excluding hydrogens is 240 g/mol. The molecule has 0 fully saturated rings. The molecule has 0 spiro atoms. The van der Waals surface area contributed by atoms with Crippen molar-refractivity contribution in [2.75, 3.05) is 6.61 Å². The smallest absolute Gasteiger partial charge is 0.119 e. The third-order valence-electron chi connectivity index (χ3n) is 2.24. The van der Waals surface area contributed by atoms with Gasteiger partial charge in [-0.2, -0.15) is 0 Å². The maximum absolute atomic E-state index is 9.74. The largest absolute Gasteiger partial charge is 0.491 e. The average molecular weight is 253 g/mol. The molecule has 0 bridgehead atoms. The first-order valence-corrected chi connectivity index (χ1v) is 5.64. The zero-order valence-electron chi connectivity index (χ0n) is 9.16. The molecule has 90 valence electrons. The number of ether oxygens (including phenoxy) is 1. The Morgan fingerprint density at radius 3 is 2.76 bits per heavy atom. The van der Waals surface area contributed by atoms with Crippen LogP contribution in [0.2, 0.25) is 5.02 Å². The maximum Gasteiger partial charge on any atom is 0.119 e. The summed E-state index contributed by atoms with van der Waals surface area (Å²) >= 11 is 5.75. The molecule has 2 aromatic rings. The van der Waals surface area contributed by atoms with Gasteiger partial charge in [-0.25, -0.2) is 4.98 Å². The molecule has 0 amide bonds. The fourth-order valence-electron chi connectivity index (χ4n) is 1.41. The topological polar surface area (TPSA) is 47.3 Å². The van der Waals surface area contributed by atoms with Gasteiger partial charge in [-0.1, -0.05) is 11.6 Å². The summed E-state index contributed by atoms with van der Waals surface area (Å²) < 4.78 is 7.23. The van der Waals surface area contributed by atoms with Crippen LogP contribution in [0.15, 0.2) is 43.0 Å². The molecule has 0 unspecified atom stereocenters. The second-order valence-corrected chi connectivity index (χ2v) is 4.11. The predicted molar refractivity (Wildman–Crippen MR) is 65.2 cm³/mol. The van der Waals surface area contributed by atoms with Crippen LogP contribution in [0.1, 0.15) is 0 Å². The van der Waals surface area contributed by atoms with Crippen molar-refractivity contribution in [3.63, 3.8) is 0 Å². The first kappa shape index (κ1) is 12.0.